The van der Waals surface area contributed by atoms with Gasteiger partial charge in [0.05, 0.1) is 0 Å². The average Bonchev–Trinajstić information content (AvgIpc) is 3.50. The summed E-state index contributed by atoms with van der Waals surface area (Å²) >= 11 is 0. The summed E-state index contributed by atoms with van der Waals surface area (Å²) in [6.07, 6.45) is 1.97. The van der Waals surface area contributed by atoms with Crippen LogP contribution in [0.5, 0.6) is 11.5 Å². The second kappa shape index (κ2) is 7.40. The van der Waals surface area contributed by atoms with Gasteiger partial charge in [-0.2, -0.15) is 5.10 Å². The van der Waals surface area contributed by atoms with Crippen LogP contribution in [0.25, 0.3) is 0 Å². The van der Waals surface area contributed by atoms with Gasteiger partial charge in [-0.1, -0.05) is 6.07 Å². The highest BCUT2D eigenvalue weighted by molar-refractivity contribution is 5.94. The Hall–Kier alpha value is -3.07. The fourth-order valence-corrected chi connectivity index (χ4v) is 3.96. The van der Waals surface area contributed by atoms with Gasteiger partial charge in [0.1, 0.15) is 6.10 Å². The molecule has 5 rings (SSSR count). The lowest BCUT2D eigenvalue weighted by molar-refractivity contribution is -0.141. The number of H-pyrrole nitrogens is 1. The minimum absolute atomic E-state index is 0.000989. The number of aromatic nitrogens is 2. The number of fused-ring (bicyclic) bond motifs is 2. The van der Waals surface area contributed by atoms with E-state index in [1.807, 2.05) is 18.2 Å². The molecule has 9 heteroatoms. The maximum atomic E-state index is 12.7. The largest absolute Gasteiger partial charge is 0.454 e. The molecule has 0 spiro atoms. The van der Waals surface area contributed by atoms with Crippen LogP contribution in [0.3, 0.4) is 0 Å². The Bertz CT molecular complexity index is 950. The van der Waals surface area contributed by atoms with Gasteiger partial charge < -0.3 is 24.4 Å². The van der Waals surface area contributed by atoms with Crippen molar-refractivity contribution < 1.29 is 23.8 Å². The average molecular weight is 398 g/mol. The number of nitrogens with one attached hydrogen (secondary N) is 2. The second-order valence-electron chi connectivity index (χ2n) is 7.41. The van der Waals surface area contributed by atoms with E-state index in [9.17, 15) is 9.59 Å². The number of hydrogen-bond donors (Lipinski definition) is 2. The molecule has 1 fully saturated rings. The van der Waals surface area contributed by atoms with Crippen molar-refractivity contribution in [3.63, 3.8) is 0 Å². The quantitative estimate of drug-likeness (QED) is 0.800. The number of carbonyl (C=O) groups excluding carboxylic acids is 2. The Labute approximate surface area is 167 Å². The van der Waals surface area contributed by atoms with E-state index in [1.54, 1.807) is 4.90 Å². The normalized spacial score (nSPS) is 19.9. The lowest BCUT2D eigenvalue weighted by atomic mass is 10.0. The number of amides is 2. The van der Waals surface area contributed by atoms with Crippen molar-refractivity contribution >= 4 is 11.8 Å². The fraction of sp³-hybridized carbons (Fsp3) is 0.450. The molecule has 3 aliphatic heterocycles. The Kier molecular flexibility index (Phi) is 4.59. The molecule has 0 aliphatic carbocycles. The number of rotatable bonds is 4. The maximum absolute atomic E-state index is 12.7. The number of aromatic amines is 1. The van der Waals surface area contributed by atoms with Gasteiger partial charge in [0.25, 0.3) is 11.8 Å². The molecule has 2 amide bonds. The van der Waals surface area contributed by atoms with Crippen LogP contribution in [0.15, 0.2) is 18.2 Å². The van der Waals surface area contributed by atoms with Crippen LogP contribution in [0.1, 0.15) is 40.2 Å². The first-order valence-electron chi connectivity index (χ1n) is 9.82. The van der Waals surface area contributed by atoms with Crippen LogP contribution >= 0.6 is 0 Å². The van der Waals surface area contributed by atoms with E-state index >= 15 is 0 Å². The van der Waals surface area contributed by atoms with Crippen LogP contribution in [0.2, 0.25) is 0 Å². The van der Waals surface area contributed by atoms with Gasteiger partial charge in [-0.25, -0.2) is 0 Å². The minimum Gasteiger partial charge on any atom is -0.454 e. The van der Waals surface area contributed by atoms with Gasteiger partial charge in [0.2, 0.25) is 6.79 Å². The van der Waals surface area contributed by atoms with Gasteiger partial charge in [-0.05, 0) is 30.5 Å². The first-order chi connectivity index (χ1) is 14.2. The Balaban J connectivity index is 1.26. The highest BCUT2D eigenvalue weighted by atomic mass is 16.7. The predicted molar refractivity (Wildman–Crippen MR) is 100 cm³/mol. The van der Waals surface area contributed by atoms with E-state index in [1.165, 1.54) is 0 Å². The van der Waals surface area contributed by atoms with Crippen LogP contribution in [0.4, 0.5) is 0 Å². The summed E-state index contributed by atoms with van der Waals surface area (Å²) in [5.74, 6) is 1.11. The molecule has 3 aliphatic rings. The summed E-state index contributed by atoms with van der Waals surface area (Å²) < 4.78 is 16.2. The Morgan fingerprint density at radius 2 is 2.17 bits per heavy atom. The molecule has 0 radical (unpaired) electrons. The summed E-state index contributed by atoms with van der Waals surface area (Å²) in [6.45, 7) is 2.17. The summed E-state index contributed by atoms with van der Waals surface area (Å²) in [5.41, 5.74) is 2.94. The van der Waals surface area contributed by atoms with E-state index in [2.05, 4.69) is 15.5 Å². The number of hydrogen-bond acceptors (Lipinski definition) is 6. The molecule has 4 heterocycles. The molecule has 0 saturated carbocycles. The first-order valence-corrected chi connectivity index (χ1v) is 9.82. The smallest absolute Gasteiger partial charge is 0.272 e. The number of benzene rings is 1. The number of nitrogens with zero attached hydrogens (tertiary/aromatic N) is 2. The molecular formula is C20H22N4O5. The molecule has 1 aromatic heterocycles. The van der Waals surface area contributed by atoms with Crippen molar-refractivity contribution in [2.24, 2.45) is 0 Å². The topological polar surface area (TPSA) is 106 Å². The molecule has 0 bridgehead atoms. The Morgan fingerprint density at radius 1 is 1.28 bits per heavy atom. The van der Waals surface area contributed by atoms with Crippen LogP contribution < -0.4 is 14.8 Å². The monoisotopic (exact) mass is 398 g/mol. The van der Waals surface area contributed by atoms with E-state index in [-0.39, 0.29) is 24.7 Å². The summed E-state index contributed by atoms with van der Waals surface area (Å²) in [6, 6.07) is 5.56. The number of carbonyl (C=O) groups is 2. The molecule has 2 aromatic rings. The third-order valence-electron chi connectivity index (χ3n) is 5.56. The lowest BCUT2D eigenvalue weighted by Crippen LogP contribution is -2.42. The van der Waals surface area contributed by atoms with E-state index in [0.717, 1.165) is 29.7 Å². The zero-order valence-electron chi connectivity index (χ0n) is 15.9. The van der Waals surface area contributed by atoms with E-state index in [0.29, 0.717) is 49.9 Å². The molecule has 152 valence electrons. The predicted octanol–water partition coefficient (Wildman–Crippen LogP) is 1.13. The van der Waals surface area contributed by atoms with E-state index in [4.69, 9.17) is 14.2 Å². The van der Waals surface area contributed by atoms with Crippen molar-refractivity contribution in [3.05, 3.63) is 40.7 Å². The molecule has 2 N–H and O–H groups in total. The first kappa shape index (κ1) is 18.0. The molecule has 9 nitrogen and oxygen atoms in total. The third-order valence-corrected chi connectivity index (χ3v) is 5.56. The third kappa shape index (κ3) is 3.42. The zero-order valence-corrected chi connectivity index (χ0v) is 15.9. The van der Waals surface area contributed by atoms with Crippen molar-refractivity contribution in [3.8, 4) is 11.5 Å². The van der Waals surface area contributed by atoms with Crippen molar-refractivity contribution in [1.29, 1.82) is 0 Å². The summed E-state index contributed by atoms with van der Waals surface area (Å²) in [4.78, 5) is 27.2. The zero-order chi connectivity index (χ0) is 19.8. The van der Waals surface area contributed by atoms with Crippen molar-refractivity contribution in [1.82, 2.24) is 20.4 Å². The summed E-state index contributed by atoms with van der Waals surface area (Å²) in [5, 5.41) is 10.1. The molecule has 1 atom stereocenters. The Morgan fingerprint density at radius 3 is 3.03 bits per heavy atom. The molecule has 1 saturated heterocycles. The minimum atomic E-state index is -0.355. The van der Waals surface area contributed by atoms with Crippen LogP contribution in [0, 0.1) is 0 Å². The fourth-order valence-electron chi connectivity index (χ4n) is 3.96. The molecular weight excluding hydrogens is 376 g/mol. The molecule has 29 heavy (non-hydrogen) atoms. The van der Waals surface area contributed by atoms with Gasteiger partial charge in [0.15, 0.2) is 17.2 Å². The second-order valence-corrected chi connectivity index (χ2v) is 7.41. The lowest BCUT2D eigenvalue weighted by Gasteiger charge is -2.29. The maximum Gasteiger partial charge on any atom is 0.272 e. The van der Waals surface area contributed by atoms with Gasteiger partial charge >= 0.3 is 0 Å². The molecule has 1 aromatic carbocycles. The van der Waals surface area contributed by atoms with Crippen LogP contribution in [-0.4, -0.2) is 53.0 Å². The van der Waals surface area contributed by atoms with Gasteiger partial charge in [0, 0.05) is 43.9 Å². The van der Waals surface area contributed by atoms with E-state index < -0.39 is 0 Å². The molecule has 1 unspecified atom stereocenters. The summed E-state index contributed by atoms with van der Waals surface area (Å²) in [7, 11) is 0. The van der Waals surface area contributed by atoms with Gasteiger partial charge in [-0.3, -0.25) is 14.7 Å². The number of ether oxygens (including phenoxy) is 3. The SMILES string of the molecule is O=C(NCc1ccc2c(c1)OCO2)c1n[nH]c2c1CN(C(=O)C1CCCO1)CC2. The van der Waals surface area contributed by atoms with Crippen LogP contribution in [-0.2, 0) is 29.0 Å². The highest BCUT2D eigenvalue weighted by Gasteiger charge is 2.33. The van der Waals surface area contributed by atoms with Crippen molar-refractivity contribution in [2.75, 3.05) is 19.9 Å². The van der Waals surface area contributed by atoms with Crippen molar-refractivity contribution in [2.45, 2.75) is 38.5 Å². The van der Waals surface area contributed by atoms with Gasteiger partial charge in [-0.15, -0.1) is 0 Å². The highest BCUT2D eigenvalue weighted by Crippen LogP contribution is 2.32. The standard InChI is InChI=1S/C20H22N4O5/c25-19(21-9-12-3-4-15-17(8-12)29-11-28-15)18-13-10-24(6-5-14(13)22-23-18)20(26)16-2-1-7-27-16/h3-4,8,16H,1-2,5-7,9-11H2,(H,21,25)(H,22,23).